The number of esters is 1. The zero-order valence-electron chi connectivity index (χ0n) is 14.8. The van der Waals surface area contributed by atoms with Crippen LogP contribution in [-0.2, 0) is 23.9 Å². The highest BCUT2D eigenvalue weighted by molar-refractivity contribution is 5.91. The molecular formula is C15H26N2O6. The van der Waals surface area contributed by atoms with E-state index in [2.05, 4.69) is 5.32 Å². The van der Waals surface area contributed by atoms with Crippen molar-refractivity contribution in [2.24, 2.45) is 0 Å². The van der Waals surface area contributed by atoms with Crippen molar-refractivity contribution in [2.45, 2.75) is 71.8 Å². The molecule has 0 aromatic heterocycles. The van der Waals surface area contributed by atoms with Crippen molar-refractivity contribution in [3.8, 4) is 0 Å². The third kappa shape index (κ3) is 6.05. The molecule has 8 nitrogen and oxygen atoms in total. The van der Waals surface area contributed by atoms with Gasteiger partial charge in [0.05, 0.1) is 6.04 Å². The number of β-lactam (4-membered cyclic amide) rings is 1. The summed E-state index contributed by atoms with van der Waals surface area (Å²) in [5.41, 5.74) is -1.27. The van der Waals surface area contributed by atoms with Crippen molar-refractivity contribution in [3.05, 3.63) is 0 Å². The molecule has 23 heavy (non-hydrogen) atoms. The Morgan fingerprint density at radius 1 is 1.09 bits per heavy atom. The van der Waals surface area contributed by atoms with Gasteiger partial charge in [-0.15, -0.1) is 0 Å². The molecule has 1 rings (SSSR count). The number of hydrogen-bond acceptors (Lipinski definition) is 6. The Morgan fingerprint density at radius 3 is 2.04 bits per heavy atom. The van der Waals surface area contributed by atoms with Gasteiger partial charge in [-0.05, 0) is 48.5 Å². The van der Waals surface area contributed by atoms with Crippen LogP contribution < -0.4 is 5.32 Å². The van der Waals surface area contributed by atoms with Crippen LogP contribution in [0.25, 0.3) is 0 Å². The summed E-state index contributed by atoms with van der Waals surface area (Å²) in [5, 5.41) is 3.53. The predicted molar refractivity (Wildman–Crippen MR) is 81.3 cm³/mol. The van der Waals surface area contributed by atoms with Gasteiger partial charge in [0.25, 0.3) is 5.91 Å². The number of hydroxylamine groups is 2. The summed E-state index contributed by atoms with van der Waals surface area (Å²) in [6, 6.07) is -1.14. The molecule has 0 aromatic carbocycles. The lowest BCUT2D eigenvalue weighted by molar-refractivity contribution is -0.235. The van der Waals surface area contributed by atoms with Crippen LogP contribution >= 0.6 is 0 Å². The first-order valence-corrected chi connectivity index (χ1v) is 7.47. The van der Waals surface area contributed by atoms with Crippen LogP contribution in [0.2, 0.25) is 0 Å². The van der Waals surface area contributed by atoms with Gasteiger partial charge in [-0.2, -0.15) is 0 Å². The Hall–Kier alpha value is -1.83. The lowest BCUT2D eigenvalue weighted by Gasteiger charge is -2.43. The first-order valence-electron chi connectivity index (χ1n) is 7.47. The molecule has 1 N–H and O–H groups in total. The molecule has 132 valence electrons. The van der Waals surface area contributed by atoms with E-state index in [1.54, 1.807) is 48.5 Å². The minimum atomic E-state index is -0.733. The van der Waals surface area contributed by atoms with E-state index in [1.165, 1.54) is 0 Å². The smallest absolute Gasteiger partial charge is 0.408 e. The molecule has 1 aliphatic heterocycles. The molecule has 0 bridgehead atoms. The predicted octanol–water partition coefficient (Wildman–Crippen LogP) is 1.38. The van der Waals surface area contributed by atoms with E-state index in [0.29, 0.717) is 0 Å². The summed E-state index contributed by atoms with van der Waals surface area (Å²) in [6.07, 6.45) is -0.672. The zero-order chi connectivity index (χ0) is 18.0. The topological polar surface area (TPSA) is 94.2 Å². The Balaban J connectivity index is 2.42. The van der Waals surface area contributed by atoms with Gasteiger partial charge in [0, 0.05) is 0 Å². The Kier molecular flexibility index (Phi) is 5.63. The summed E-state index contributed by atoms with van der Waals surface area (Å²) in [5.74, 6) is -1.01. The van der Waals surface area contributed by atoms with E-state index in [-0.39, 0.29) is 6.61 Å². The highest BCUT2D eigenvalue weighted by Gasteiger charge is 2.47. The summed E-state index contributed by atoms with van der Waals surface area (Å²) in [6.45, 7) is 11.7. The van der Waals surface area contributed by atoms with Crippen LogP contribution in [0.5, 0.6) is 0 Å². The third-order valence-electron chi connectivity index (χ3n) is 2.75. The molecule has 1 fully saturated rings. The van der Waals surface area contributed by atoms with Gasteiger partial charge in [0.15, 0.2) is 6.61 Å². The second kappa shape index (κ2) is 6.74. The quantitative estimate of drug-likeness (QED) is 0.618. The van der Waals surface area contributed by atoms with Crippen molar-refractivity contribution >= 4 is 18.0 Å². The van der Waals surface area contributed by atoms with Crippen molar-refractivity contribution in [2.75, 3.05) is 6.61 Å². The van der Waals surface area contributed by atoms with Gasteiger partial charge < -0.3 is 14.8 Å². The summed E-state index contributed by atoms with van der Waals surface area (Å²) in [7, 11) is 0. The highest BCUT2D eigenvalue weighted by Crippen LogP contribution is 2.21. The van der Waals surface area contributed by atoms with Crippen LogP contribution in [-0.4, -0.2) is 52.9 Å². The van der Waals surface area contributed by atoms with Gasteiger partial charge >= 0.3 is 12.1 Å². The standard InChI is InChI=1S/C15H26N2O6/c1-9-11(16-13(20)23-15(5,6)7)12(19)17(9)21-8-10(18)22-14(2,3)4/h9,11H,8H2,1-7H3,(H,16,20). The largest absolute Gasteiger partial charge is 0.458 e. The monoisotopic (exact) mass is 330 g/mol. The lowest BCUT2D eigenvalue weighted by atomic mass is 10.0. The van der Waals surface area contributed by atoms with Gasteiger partial charge in [-0.1, -0.05) is 0 Å². The van der Waals surface area contributed by atoms with Gasteiger partial charge in [0.2, 0.25) is 0 Å². The van der Waals surface area contributed by atoms with Gasteiger partial charge in [0.1, 0.15) is 17.2 Å². The van der Waals surface area contributed by atoms with E-state index in [4.69, 9.17) is 14.3 Å². The minimum absolute atomic E-state index is 0.369. The SMILES string of the molecule is CC1C(NC(=O)OC(C)(C)C)C(=O)N1OCC(=O)OC(C)(C)C. The normalized spacial score (nSPS) is 21.5. The zero-order valence-corrected chi connectivity index (χ0v) is 14.8. The summed E-state index contributed by atoms with van der Waals surface area (Å²) < 4.78 is 10.2. The second-order valence-corrected chi connectivity index (χ2v) is 7.39. The number of carbonyl (C=O) groups excluding carboxylic acids is 3. The van der Waals surface area contributed by atoms with Crippen molar-refractivity contribution in [3.63, 3.8) is 0 Å². The molecule has 0 saturated carbocycles. The molecule has 2 unspecified atom stereocenters. The van der Waals surface area contributed by atoms with Crippen LogP contribution in [0.15, 0.2) is 0 Å². The van der Waals surface area contributed by atoms with Crippen molar-refractivity contribution in [1.82, 2.24) is 10.4 Å². The summed E-state index contributed by atoms with van der Waals surface area (Å²) >= 11 is 0. The van der Waals surface area contributed by atoms with Gasteiger partial charge in [-0.3, -0.25) is 9.63 Å². The van der Waals surface area contributed by atoms with Crippen LogP contribution in [0.3, 0.4) is 0 Å². The van der Waals surface area contributed by atoms with Crippen molar-refractivity contribution in [1.29, 1.82) is 0 Å². The second-order valence-electron chi connectivity index (χ2n) is 7.39. The van der Waals surface area contributed by atoms with E-state index in [0.717, 1.165) is 5.06 Å². The first-order chi connectivity index (χ1) is 10.3. The number of alkyl carbamates (subject to hydrolysis) is 1. The Morgan fingerprint density at radius 2 is 1.61 bits per heavy atom. The molecule has 0 aromatic rings. The fourth-order valence-corrected chi connectivity index (χ4v) is 1.89. The maximum atomic E-state index is 11.9. The number of nitrogens with one attached hydrogen (secondary N) is 1. The number of nitrogens with zero attached hydrogens (tertiary/aromatic N) is 1. The molecule has 0 radical (unpaired) electrons. The molecule has 2 atom stereocenters. The van der Waals surface area contributed by atoms with E-state index in [9.17, 15) is 14.4 Å². The molecule has 8 heteroatoms. The molecule has 0 aliphatic carbocycles. The van der Waals surface area contributed by atoms with Crippen LogP contribution in [0.1, 0.15) is 48.5 Å². The summed E-state index contributed by atoms with van der Waals surface area (Å²) in [4.78, 5) is 40.3. The fourth-order valence-electron chi connectivity index (χ4n) is 1.89. The van der Waals surface area contributed by atoms with E-state index >= 15 is 0 Å². The Labute approximate surface area is 136 Å². The van der Waals surface area contributed by atoms with E-state index < -0.39 is 41.3 Å². The van der Waals surface area contributed by atoms with Crippen LogP contribution in [0, 0.1) is 0 Å². The average molecular weight is 330 g/mol. The maximum Gasteiger partial charge on any atom is 0.408 e. The molecular weight excluding hydrogens is 304 g/mol. The molecule has 1 saturated heterocycles. The number of ether oxygens (including phenoxy) is 2. The average Bonchev–Trinajstić information content (AvgIpc) is 2.31. The molecule has 0 spiro atoms. The number of rotatable bonds is 4. The first kappa shape index (κ1) is 19.2. The number of hydrogen-bond donors (Lipinski definition) is 1. The lowest BCUT2D eigenvalue weighted by Crippen LogP contribution is -2.69. The maximum absolute atomic E-state index is 11.9. The van der Waals surface area contributed by atoms with Gasteiger partial charge in [-0.25, -0.2) is 14.7 Å². The third-order valence-corrected chi connectivity index (χ3v) is 2.75. The van der Waals surface area contributed by atoms with E-state index in [1.807, 2.05) is 0 Å². The molecule has 1 heterocycles. The number of carbonyl (C=O) groups is 3. The minimum Gasteiger partial charge on any atom is -0.458 e. The molecule has 1 aliphatic rings. The molecule has 2 amide bonds. The Bertz CT molecular complexity index is 477. The van der Waals surface area contributed by atoms with Crippen LogP contribution in [0.4, 0.5) is 4.79 Å². The number of amides is 2. The highest BCUT2D eigenvalue weighted by atomic mass is 16.7. The fraction of sp³-hybridized carbons (Fsp3) is 0.800. The van der Waals surface area contributed by atoms with Crippen molar-refractivity contribution < 1.29 is 28.7 Å².